The smallest absolute Gasteiger partial charge is 0.124 e. The number of aryl methyl sites for hydroxylation is 2. The van der Waals surface area contributed by atoms with E-state index in [-0.39, 0.29) is 5.82 Å². The Morgan fingerprint density at radius 3 is 2.63 bits per heavy atom. The third-order valence-corrected chi connectivity index (χ3v) is 3.31. The molecular weight excluding hydrogens is 311 g/mol. The standard InChI is InChI=1S/C14H14BrFN2O/c1-8-3-13(9(2)18-17-8)14(19)6-10-4-11(15)7-12(16)5-10/h3-5,7,14,19H,6H2,1-2H3. The van der Waals surface area contributed by atoms with E-state index in [1.54, 1.807) is 19.1 Å². The number of hydrogen-bond acceptors (Lipinski definition) is 3. The highest BCUT2D eigenvalue weighted by molar-refractivity contribution is 9.10. The molecule has 1 aromatic heterocycles. The average Bonchev–Trinajstić information content (AvgIpc) is 2.30. The van der Waals surface area contributed by atoms with Crippen molar-refractivity contribution in [3.8, 4) is 0 Å². The summed E-state index contributed by atoms with van der Waals surface area (Å²) in [7, 11) is 0. The molecule has 0 aliphatic carbocycles. The third kappa shape index (κ3) is 3.58. The average molecular weight is 325 g/mol. The maximum atomic E-state index is 13.3. The van der Waals surface area contributed by atoms with Gasteiger partial charge < -0.3 is 5.11 Å². The van der Waals surface area contributed by atoms with Crippen LogP contribution in [-0.4, -0.2) is 15.3 Å². The molecule has 2 rings (SSSR count). The van der Waals surface area contributed by atoms with E-state index in [0.717, 1.165) is 16.8 Å². The molecule has 19 heavy (non-hydrogen) atoms. The molecule has 100 valence electrons. The Morgan fingerprint density at radius 2 is 1.95 bits per heavy atom. The Balaban J connectivity index is 2.25. The molecule has 5 heteroatoms. The zero-order valence-electron chi connectivity index (χ0n) is 10.7. The van der Waals surface area contributed by atoms with Gasteiger partial charge in [0.25, 0.3) is 0 Å². The van der Waals surface area contributed by atoms with Crippen LogP contribution < -0.4 is 0 Å². The van der Waals surface area contributed by atoms with Crippen LogP contribution in [0.5, 0.6) is 0 Å². The van der Waals surface area contributed by atoms with Gasteiger partial charge in [0.05, 0.1) is 17.5 Å². The summed E-state index contributed by atoms with van der Waals surface area (Å²) in [5.74, 6) is -0.322. The Kier molecular flexibility index (Phi) is 4.27. The molecule has 0 radical (unpaired) electrons. The molecule has 0 amide bonds. The van der Waals surface area contributed by atoms with Gasteiger partial charge in [-0.3, -0.25) is 0 Å². The van der Waals surface area contributed by atoms with Crippen LogP contribution in [0.25, 0.3) is 0 Å². The molecule has 0 saturated heterocycles. The van der Waals surface area contributed by atoms with Crippen molar-refractivity contribution < 1.29 is 9.50 Å². The maximum Gasteiger partial charge on any atom is 0.124 e. The van der Waals surface area contributed by atoms with Crippen LogP contribution in [0, 0.1) is 19.7 Å². The van der Waals surface area contributed by atoms with E-state index in [1.165, 1.54) is 12.1 Å². The highest BCUT2D eigenvalue weighted by atomic mass is 79.9. The van der Waals surface area contributed by atoms with Gasteiger partial charge in [-0.15, -0.1) is 0 Å². The Morgan fingerprint density at radius 1 is 1.21 bits per heavy atom. The molecule has 1 unspecified atom stereocenters. The second-order valence-electron chi connectivity index (χ2n) is 4.52. The van der Waals surface area contributed by atoms with Gasteiger partial charge in [-0.05, 0) is 43.7 Å². The van der Waals surface area contributed by atoms with Gasteiger partial charge in [-0.1, -0.05) is 15.9 Å². The first-order valence-corrected chi connectivity index (χ1v) is 6.69. The Hall–Kier alpha value is -1.33. The lowest BCUT2D eigenvalue weighted by molar-refractivity contribution is 0.176. The molecule has 1 atom stereocenters. The fourth-order valence-electron chi connectivity index (χ4n) is 1.97. The van der Waals surface area contributed by atoms with Crippen molar-refractivity contribution in [1.29, 1.82) is 0 Å². The van der Waals surface area contributed by atoms with Crippen LogP contribution in [0.3, 0.4) is 0 Å². The summed E-state index contributed by atoms with van der Waals surface area (Å²) >= 11 is 3.24. The van der Waals surface area contributed by atoms with Crippen LogP contribution >= 0.6 is 15.9 Å². The number of nitrogens with zero attached hydrogens (tertiary/aromatic N) is 2. The highest BCUT2D eigenvalue weighted by Crippen LogP contribution is 2.23. The van der Waals surface area contributed by atoms with E-state index >= 15 is 0 Å². The van der Waals surface area contributed by atoms with E-state index in [4.69, 9.17) is 0 Å². The molecule has 0 fully saturated rings. The summed E-state index contributed by atoms with van der Waals surface area (Å²) in [6.07, 6.45) is -0.384. The normalized spacial score (nSPS) is 12.5. The minimum absolute atomic E-state index is 0.322. The summed E-state index contributed by atoms with van der Waals surface area (Å²) in [6, 6.07) is 6.41. The van der Waals surface area contributed by atoms with E-state index in [0.29, 0.717) is 16.6 Å². The fourth-order valence-corrected chi connectivity index (χ4v) is 2.48. The molecule has 0 spiro atoms. The first-order chi connectivity index (χ1) is 8.95. The summed E-state index contributed by atoms with van der Waals surface area (Å²) in [6.45, 7) is 3.62. The van der Waals surface area contributed by atoms with E-state index in [9.17, 15) is 9.50 Å². The summed E-state index contributed by atoms with van der Waals surface area (Å²) < 4.78 is 14.0. The van der Waals surface area contributed by atoms with Crippen LogP contribution in [0.4, 0.5) is 4.39 Å². The molecule has 2 aromatic rings. The first kappa shape index (κ1) is 14.1. The SMILES string of the molecule is Cc1cc(C(O)Cc2cc(F)cc(Br)c2)c(C)nn1. The number of aromatic nitrogens is 2. The maximum absolute atomic E-state index is 13.3. The molecule has 1 N–H and O–H groups in total. The number of rotatable bonds is 3. The number of hydrogen-bond donors (Lipinski definition) is 1. The van der Waals surface area contributed by atoms with Crippen LogP contribution in [0.1, 0.15) is 28.6 Å². The highest BCUT2D eigenvalue weighted by Gasteiger charge is 2.14. The van der Waals surface area contributed by atoms with Gasteiger partial charge in [-0.2, -0.15) is 10.2 Å². The van der Waals surface area contributed by atoms with Crippen molar-refractivity contribution in [3.63, 3.8) is 0 Å². The number of halogens is 2. The summed E-state index contributed by atoms with van der Waals surface area (Å²) in [5.41, 5.74) is 2.90. The predicted molar refractivity (Wildman–Crippen MR) is 74.3 cm³/mol. The summed E-state index contributed by atoms with van der Waals surface area (Å²) in [4.78, 5) is 0. The molecule has 1 heterocycles. The zero-order chi connectivity index (χ0) is 14.0. The molecule has 0 saturated carbocycles. The Labute approximate surface area is 119 Å². The van der Waals surface area contributed by atoms with Crippen LogP contribution in [0.2, 0.25) is 0 Å². The lowest BCUT2D eigenvalue weighted by atomic mass is 10.0. The number of aliphatic hydroxyl groups is 1. The van der Waals surface area contributed by atoms with Gasteiger partial charge in [0, 0.05) is 16.5 Å². The van der Waals surface area contributed by atoms with E-state index < -0.39 is 6.10 Å². The second-order valence-corrected chi connectivity index (χ2v) is 5.44. The van der Waals surface area contributed by atoms with Crippen molar-refractivity contribution in [2.45, 2.75) is 26.4 Å². The van der Waals surface area contributed by atoms with Crippen LogP contribution in [-0.2, 0) is 6.42 Å². The van der Waals surface area contributed by atoms with Gasteiger partial charge in [0.2, 0.25) is 0 Å². The van der Waals surface area contributed by atoms with Gasteiger partial charge in [-0.25, -0.2) is 4.39 Å². The van der Waals surface area contributed by atoms with E-state index in [1.807, 2.05) is 6.92 Å². The van der Waals surface area contributed by atoms with Gasteiger partial charge in [0.15, 0.2) is 0 Å². The minimum Gasteiger partial charge on any atom is -0.388 e. The van der Waals surface area contributed by atoms with Gasteiger partial charge in [0.1, 0.15) is 5.82 Å². The lowest BCUT2D eigenvalue weighted by Crippen LogP contribution is -2.07. The van der Waals surface area contributed by atoms with Crippen LogP contribution in [0.15, 0.2) is 28.7 Å². The minimum atomic E-state index is -0.720. The molecule has 0 aliphatic rings. The largest absolute Gasteiger partial charge is 0.388 e. The molecule has 0 bridgehead atoms. The van der Waals surface area contributed by atoms with Crippen molar-refractivity contribution in [1.82, 2.24) is 10.2 Å². The van der Waals surface area contributed by atoms with Gasteiger partial charge >= 0.3 is 0 Å². The predicted octanol–water partition coefficient (Wildman–Crippen LogP) is 3.27. The molecule has 1 aromatic carbocycles. The van der Waals surface area contributed by atoms with E-state index in [2.05, 4.69) is 26.1 Å². The second kappa shape index (κ2) is 5.75. The molecular formula is C14H14BrFN2O. The number of aliphatic hydroxyl groups excluding tert-OH is 1. The fraction of sp³-hybridized carbons (Fsp3) is 0.286. The zero-order valence-corrected chi connectivity index (χ0v) is 12.3. The number of benzene rings is 1. The summed E-state index contributed by atoms with van der Waals surface area (Å²) in [5, 5.41) is 18.2. The van der Waals surface area contributed by atoms with Crippen molar-refractivity contribution in [2.75, 3.05) is 0 Å². The molecule has 3 nitrogen and oxygen atoms in total. The van der Waals surface area contributed by atoms with Crippen molar-refractivity contribution in [2.24, 2.45) is 0 Å². The Bertz CT molecular complexity index is 584. The molecule has 0 aliphatic heterocycles. The first-order valence-electron chi connectivity index (χ1n) is 5.89. The van der Waals surface area contributed by atoms with Crippen molar-refractivity contribution >= 4 is 15.9 Å². The third-order valence-electron chi connectivity index (χ3n) is 2.85. The quantitative estimate of drug-likeness (QED) is 0.942. The van der Waals surface area contributed by atoms with Crippen molar-refractivity contribution in [3.05, 3.63) is 57.1 Å². The topological polar surface area (TPSA) is 46.0 Å². The monoisotopic (exact) mass is 324 g/mol. The lowest BCUT2D eigenvalue weighted by Gasteiger charge is -2.13.